The van der Waals surface area contributed by atoms with Gasteiger partial charge < -0.3 is 10.1 Å². The van der Waals surface area contributed by atoms with Crippen LogP contribution in [0.2, 0.25) is 0 Å². The number of fused-ring (bicyclic) bond motifs is 1. The Morgan fingerprint density at radius 3 is 2.77 bits per heavy atom. The number of rotatable bonds is 9. The van der Waals surface area contributed by atoms with Gasteiger partial charge in [0.2, 0.25) is 0 Å². The molecule has 0 radical (unpaired) electrons. The average Bonchev–Trinajstić information content (AvgIpc) is 2.74. The van der Waals surface area contributed by atoms with Gasteiger partial charge in [-0.25, -0.2) is 9.97 Å². The van der Waals surface area contributed by atoms with Crippen LogP contribution in [-0.2, 0) is 0 Å². The van der Waals surface area contributed by atoms with Crippen molar-refractivity contribution >= 4 is 64.2 Å². The molecule has 7 nitrogen and oxygen atoms in total. The second-order valence-corrected chi connectivity index (χ2v) is 7.38. The maximum Gasteiger partial charge on any atom is 0.269 e. The van der Waals surface area contributed by atoms with Crippen LogP contribution in [0.5, 0.6) is 5.75 Å². The Labute approximate surface area is 206 Å². The van der Waals surface area contributed by atoms with E-state index in [9.17, 15) is 9.18 Å². The standard InChI is InChI=1S/C20H21FIN5O2.2ClH/c1-2-27(10-11-29-17-4-3-7-24-19(17)21)9-8-25-20(28)16-6-5-14-12-23-13-15(22)18(14)26-16;;/h3-7,12-13H,2,8-11H2,1H3,(H,25,28);2*1H. The number of amides is 1. The van der Waals surface area contributed by atoms with Crippen LogP contribution >= 0.6 is 47.4 Å². The molecule has 31 heavy (non-hydrogen) atoms. The number of carbonyl (C=O) groups is 1. The minimum atomic E-state index is -0.615. The molecule has 3 aromatic heterocycles. The van der Waals surface area contributed by atoms with E-state index in [-0.39, 0.29) is 36.5 Å². The van der Waals surface area contributed by atoms with E-state index in [1.165, 1.54) is 6.20 Å². The van der Waals surface area contributed by atoms with Crippen LogP contribution in [0.4, 0.5) is 4.39 Å². The van der Waals surface area contributed by atoms with Crippen molar-refractivity contribution in [2.75, 3.05) is 32.8 Å². The molecule has 0 saturated heterocycles. The molecule has 0 aliphatic rings. The summed E-state index contributed by atoms with van der Waals surface area (Å²) in [6.07, 6.45) is 4.83. The number of carbonyl (C=O) groups excluding carboxylic acids is 1. The number of aromatic nitrogens is 3. The van der Waals surface area contributed by atoms with Crippen LogP contribution in [-0.4, -0.2) is 58.5 Å². The Morgan fingerprint density at radius 1 is 1.23 bits per heavy atom. The number of hydrogen-bond acceptors (Lipinski definition) is 6. The lowest BCUT2D eigenvalue weighted by atomic mass is 10.2. The van der Waals surface area contributed by atoms with E-state index in [0.29, 0.717) is 31.9 Å². The lowest BCUT2D eigenvalue weighted by Gasteiger charge is -2.20. The third kappa shape index (κ3) is 7.67. The number of halogens is 4. The van der Waals surface area contributed by atoms with Crippen LogP contribution in [0.1, 0.15) is 17.4 Å². The van der Waals surface area contributed by atoms with Crippen molar-refractivity contribution in [2.45, 2.75) is 6.92 Å². The number of pyridine rings is 3. The summed E-state index contributed by atoms with van der Waals surface area (Å²) in [7, 11) is 0. The fourth-order valence-electron chi connectivity index (χ4n) is 2.75. The highest BCUT2D eigenvalue weighted by Gasteiger charge is 2.11. The quantitative estimate of drug-likeness (QED) is 0.306. The molecule has 0 unspecified atom stereocenters. The molecule has 0 saturated carbocycles. The molecule has 0 atom stereocenters. The minimum absolute atomic E-state index is 0. The molecule has 0 aromatic carbocycles. The highest BCUT2D eigenvalue weighted by Crippen LogP contribution is 2.17. The number of ether oxygens (including phenoxy) is 1. The molecule has 1 N–H and O–H groups in total. The van der Waals surface area contributed by atoms with Crippen LogP contribution in [0.3, 0.4) is 0 Å². The third-order valence-electron chi connectivity index (χ3n) is 4.34. The van der Waals surface area contributed by atoms with Gasteiger partial charge >= 0.3 is 0 Å². The van der Waals surface area contributed by atoms with Gasteiger partial charge in [-0.15, -0.1) is 24.8 Å². The first kappa shape index (κ1) is 27.2. The molecule has 168 valence electrons. The number of likely N-dealkylation sites (N-methyl/N-ethyl adjacent to an activating group) is 1. The molecule has 1 amide bonds. The summed E-state index contributed by atoms with van der Waals surface area (Å²) in [6.45, 7) is 4.88. The summed E-state index contributed by atoms with van der Waals surface area (Å²) in [6, 6.07) is 6.72. The summed E-state index contributed by atoms with van der Waals surface area (Å²) in [4.78, 5) is 26.7. The van der Waals surface area contributed by atoms with Crippen molar-refractivity contribution in [3.05, 3.63) is 58.1 Å². The molecule has 3 heterocycles. The van der Waals surface area contributed by atoms with Gasteiger partial charge in [0.25, 0.3) is 11.9 Å². The van der Waals surface area contributed by atoms with Crippen LogP contribution in [0, 0.1) is 9.52 Å². The van der Waals surface area contributed by atoms with Gasteiger partial charge in [-0.3, -0.25) is 14.7 Å². The number of nitrogens with zero attached hydrogens (tertiary/aromatic N) is 4. The van der Waals surface area contributed by atoms with Gasteiger partial charge in [0.05, 0.1) is 9.09 Å². The first-order valence-corrected chi connectivity index (χ1v) is 10.3. The summed E-state index contributed by atoms with van der Waals surface area (Å²) in [5.74, 6) is -0.690. The first-order chi connectivity index (χ1) is 14.1. The van der Waals surface area contributed by atoms with Crippen molar-refractivity contribution in [2.24, 2.45) is 0 Å². The topological polar surface area (TPSA) is 80.2 Å². The Kier molecular flexibility index (Phi) is 11.9. The van der Waals surface area contributed by atoms with Gasteiger partial charge in [-0.1, -0.05) is 6.92 Å². The largest absolute Gasteiger partial charge is 0.487 e. The predicted octanol–water partition coefficient (Wildman–Crippen LogP) is 3.74. The minimum Gasteiger partial charge on any atom is -0.487 e. The summed E-state index contributed by atoms with van der Waals surface area (Å²) >= 11 is 2.16. The summed E-state index contributed by atoms with van der Waals surface area (Å²) < 4.78 is 19.8. The van der Waals surface area contributed by atoms with Crippen LogP contribution in [0.25, 0.3) is 10.9 Å². The van der Waals surface area contributed by atoms with E-state index in [0.717, 1.165) is 21.0 Å². The maximum absolute atomic E-state index is 13.5. The fraction of sp³-hybridized carbons (Fsp3) is 0.300. The average molecular weight is 582 g/mol. The molecule has 0 aliphatic heterocycles. The summed E-state index contributed by atoms with van der Waals surface area (Å²) in [5.41, 5.74) is 1.14. The zero-order chi connectivity index (χ0) is 20.6. The van der Waals surface area contributed by atoms with Crippen molar-refractivity contribution < 1.29 is 13.9 Å². The number of nitrogens with one attached hydrogen (secondary N) is 1. The van der Waals surface area contributed by atoms with E-state index in [1.807, 2.05) is 13.0 Å². The van der Waals surface area contributed by atoms with E-state index in [4.69, 9.17) is 4.74 Å². The Hall–Kier alpha value is -1.82. The molecular weight excluding hydrogens is 559 g/mol. The zero-order valence-corrected chi connectivity index (χ0v) is 20.5. The van der Waals surface area contributed by atoms with Crippen molar-refractivity contribution in [1.29, 1.82) is 0 Å². The van der Waals surface area contributed by atoms with E-state index in [1.54, 1.807) is 30.6 Å². The lowest BCUT2D eigenvalue weighted by molar-refractivity contribution is 0.0942. The fourth-order valence-corrected chi connectivity index (χ4v) is 3.34. The van der Waals surface area contributed by atoms with Gasteiger partial charge in [0.15, 0.2) is 5.75 Å². The predicted molar refractivity (Wildman–Crippen MR) is 131 cm³/mol. The lowest BCUT2D eigenvalue weighted by Crippen LogP contribution is -2.37. The van der Waals surface area contributed by atoms with Gasteiger partial charge in [-0.05, 0) is 53.4 Å². The zero-order valence-electron chi connectivity index (χ0n) is 16.8. The molecule has 3 aromatic rings. The molecule has 0 aliphatic carbocycles. The second-order valence-electron chi connectivity index (χ2n) is 6.22. The Bertz CT molecular complexity index is 999. The van der Waals surface area contributed by atoms with E-state index < -0.39 is 5.95 Å². The highest BCUT2D eigenvalue weighted by atomic mass is 127. The third-order valence-corrected chi connectivity index (χ3v) is 5.13. The van der Waals surface area contributed by atoms with Gasteiger partial charge in [-0.2, -0.15) is 4.39 Å². The smallest absolute Gasteiger partial charge is 0.269 e. The Morgan fingerprint density at radius 2 is 2.03 bits per heavy atom. The van der Waals surface area contributed by atoms with Crippen LogP contribution < -0.4 is 10.1 Å². The molecule has 3 rings (SSSR count). The molecule has 0 bridgehead atoms. The molecular formula is C20H23Cl2FIN5O2. The van der Waals surface area contributed by atoms with E-state index >= 15 is 0 Å². The van der Waals surface area contributed by atoms with Gasteiger partial charge in [0.1, 0.15) is 12.3 Å². The first-order valence-electron chi connectivity index (χ1n) is 9.22. The molecule has 11 heteroatoms. The van der Waals surface area contributed by atoms with E-state index in [2.05, 4.69) is 47.8 Å². The summed E-state index contributed by atoms with van der Waals surface area (Å²) in [5, 5.41) is 3.79. The van der Waals surface area contributed by atoms with Crippen molar-refractivity contribution in [1.82, 2.24) is 25.2 Å². The SMILES string of the molecule is CCN(CCNC(=O)c1ccc2cncc(I)c2n1)CCOc1cccnc1F.Cl.Cl. The normalized spacial score (nSPS) is 10.3. The number of hydrogen-bond donors (Lipinski definition) is 1. The molecule has 0 fully saturated rings. The monoisotopic (exact) mass is 581 g/mol. The second kappa shape index (κ2) is 13.6. The Balaban J connectivity index is 0.00000240. The van der Waals surface area contributed by atoms with Crippen molar-refractivity contribution in [3.63, 3.8) is 0 Å². The highest BCUT2D eigenvalue weighted by molar-refractivity contribution is 14.1. The molecule has 0 spiro atoms. The maximum atomic E-state index is 13.5. The van der Waals surface area contributed by atoms with Crippen LogP contribution in [0.15, 0.2) is 42.9 Å². The van der Waals surface area contributed by atoms with Crippen molar-refractivity contribution in [3.8, 4) is 5.75 Å². The van der Waals surface area contributed by atoms with Gasteiger partial charge in [0, 0.05) is 43.6 Å².